The van der Waals surface area contributed by atoms with Crippen LogP contribution in [0.2, 0.25) is 0 Å². The maximum Gasteiger partial charge on any atom is 0.317 e. The number of rotatable bonds is 6. The highest BCUT2D eigenvalue weighted by molar-refractivity contribution is 5.92. The van der Waals surface area contributed by atoms with Gasteiger partial charge >= 0.3 is 12.0 Å². The summed E-state index contributed by atoms with van der Waals surface area (Å²) in [5.41, 5.74) is 1.56. The van der Waals surface area contributed by atoms with Crippen LogP contribution in [-0.2, 0) is 16.1 Å². The van der Waals surface area contributed by atoms with Crippen LogP contribution in [0.5, 0.6) is 0 Å². The van der Waals surface area contributed by atoms with Gasteiger partial charge in [0.15, 0.2) is 0 Å². The van der Waals surface area contributed by atoms with Crippen molar-refractivity contribution in [2.45, 2.75) is 33.2 Å². The number of hydrogen-bond donors (Lipinski definition) is 3. The lowest BCUT2D eigenvalue weighted by Gasteiger charge is -2.17. The Morgan fingerprint density at radius 2 is 2.12 bits per heavy atom. The average molecular weight is 347 g/mol. The maximum absolute atomic E-state index is 12.1. The van der Waals surface area contributed by atoms with E-state index in [0.717, 1.165) is 12.0 Å². The first-order chi connectivity index (χ1) is 11.9. The lowest BCUT2D eigenvalue weighted by atomic mass is 10.1. The number of anilines is 1. The van der Waals surface area contributed by atoms with Crippen molar-refractivity contribution < 1.29 is 19.5 Å². The van der Waals surface area contributed by atoms with Gasteiger partial charge in [0.2, 0.25) is 5.91 Å². The number of amides is 3. The number of carbonyl (C=O) groups excluding carboxylic acids is 2. The molecule has 0 aliphatic carbocycles. The first-order valence-corrected chi connectivity index (χ1v) is 8.56. The molecule has 1 heterocycles. The molecule has 0 spiro atoms. The third-order valence-electron chi connectivity index (χ3n) is 4.52. The van der Waals surface area contributed by atoms with Gasteiger partial charge in [-0.2, -0.15) is 0 Å². The number of benzene rings is 1. The van der Waals surface area contributed by atoms with E-state index in [0.29, 0.717) is 25.2 Å². The van der Waals surface area contributed by atoms with E-state index in [-0.39, 0.29) is 24.4 Å². The SMILES string of the molecule is CCC(C)C(=O)Nc1cccc(CNC(=O)N2CCC(C(=O)O)C2)c1. The number of nitrogens with one attached hydrogen (secondary N) is 2. The van der Waals surface area contributed by atoms with Gasteiger partial charge in [-0.05, 0) is 30.5 Å². The second-order valence-corrected chi connectivity index (χ2v) is 6.43. The minimum atomic E-state index is -0.861. The molecule has 7 nitrogen and oxygen atoms in total. The van der Waals surface area contributed by atoms with Crippen molar-refractivity contribution >= 4 is 23.6 Å². The summed E-state index contributed by atoms with van der Waals surface area (Å²) in [7, 11) is 0. The van der Waals surface area contributed by atoms with E-state index >= 15 is 0 Å². The van der Waals surface area contributed by atoms with E-state index in [1.54, 1.807) is 0 Å². The highest BCUT2D eigenvalue weighted by Gasteiger charge is 2.30. The topological polar surface area (TPSA) is 98.7 Å². The van der Waals surface area contributed by atoms with Crippen LogP contribution in [-0.4, -0.2) is 41.0 Å². The monoisotopic (exact) mass is 347 g/mol. The molecule has 1 saturated heterocycles. The lowest BCUT2D eigenvalue weighted by Crippen LogP contribution is -2.38. The van der Waals surface area contributed by atoms with Gasteiger partial charge in [0.1, 0.15) is 0 Å². The minimum absolute atomic E-state index is 0.0273. The average Bonchev–Trinajstić information content (AvgIpc) is 3.09. The van der Waals surface area contributed by atoms with Gasteiger partial charge < -0.3 is 20.6 Å². The van der Waals surface area contributed by atoms with Gasteiger partial charge in [-0.3, -0.25) is 9.59 Å². The van der Waals surface area contributed by atoms with E-state index in [1.807, 2.05) is 38.1 Å². The van der Waals surface area contributed by atoms with Crippen LogP contribution in [0.3, 0.4) is 0 Å². The summed E-state index contributed by atoms with van der Waals surface area (Å²) in [5.74, 6) is -1.42. The van der Waals surface area contributed by atoms with E-state index in [4.69, 9.17) is 5.11 Å². The lowest BCUT2D eigenvalue weighted by molar-refractivity contribution is -0.141. The molecule has 2 unspecified atom stereocenters. The van der Waals surface area contributed by atoms with Crippen molar-refractivity contribution in [2.75, 3.05) is 18.4 Å². The number of likely N-dealkylation sites (tertiary alicyclic amines) is 1. The Hall–Kier alpha value is -2.57. The first kappa shape index (κ1) is 18.8. The van der Waals surface area contributed by atoms with Crippen LogP contribution in [0.4, 0.5) is 10.5 Å². The molecule has 1 aliphatic heterocycles. The Labute approximate surface area is 147 Å². The molecule has 1 aromatic carbocycles. The third-order valence-corrected chi connectivity index (χ3v) is 4.52. The van der Waals surface area contributed by atoms with Crippen LogP contribution in [0.15, 0.2) is 24.3 Å². The molecule has 0 saturated carbocycles. The Morgan fingerprint density at radius 1 is 1.36 bits per heavy atom. The van der Waals surface area contributed by atoms with Gasteiger partial charge in [0, 0.05) is 31.2 Å². The zero-order valence-corrected chi connectivity index (χ0v) is 14.6. The Morgan fingerprint density at radius 3 is 2.76 bits per heavy atom. The van der Waals surface area contributed by atoms with Crippen molar-refractivity contribution in [1.29, 1.82) is 0 Å². The molecule has 1 aromatic rings. The first-order valence-electron chi connectivity index (χ1n) is 8.56. The van der Waals surface area contributed by atoms with Crippen molar-refractivity contribution in [3.05, 3.63) is 29.8 Å². The fourth-order valence-corrected chi connectivity index (χ4v) is 2.65. The zero-order valence-electron chi connectivity index (χ0n) is 14.6. The summed E-state index contributed by atoms with van der Waals surface area (Å²) < 4.78 is 0. The zero-order chi connectivity index (χ0) is 18.4. The molecule has 7 heteroatoms. The van der Waals surface area contributed by atoms with Gasteiger partial charge in [-0.1, -0.05) is 26.0 Å². The normalized spacial score (nSPS) is 17.8. The van der Waals surface area contributed by atoms with E-state index in [1.165, 1.54) is 4.90 Å². The smallest absolute Gasteiger partial charge is 0.317 e. The molecule has 3 amide bonds. The van der Waals surface area contributed by atoms with Crippen LogP contribution in [0.1, 0.15) is 32.3 Å². The van der Waals surface area contributed by atoms with Gasteiger partial charge in [-0.25, -0.2) is 4.79 Å². The van der Waals surface area contributed by atoms with Gasteiger partial charge in [0.25, 0.3) is 0 Å². The van der Waals surface area contributed by atoms with Gasteiger partial charge in [0.05, 0.1) is 5.92 Å². The van der Waals surface area contributed by atoms with Gasteiger partial charge in [-0.15, -0.1) is 0 Å². The molecule has 2 atom stereocenters. The summed E-state index contributed by atoms with van der Waals surface area (Å²) >= 11 is 0. The Bertz CT molecular complexity index is 647. The number of aliphatic carboxylic acids is 1. The summed E-state index contributed by atoms with van der Waals surface area (Å²) in [6.07, 6.45) is 1.26. The fraction of sp³-hybridized carbons (Fsp3) is 0.500. The molecule has 0 bridgehead atoms. The van der Waals surface area contributed by atoms with Crippen molar-refractivity contribution in [3.63, 3.8) is 0 Å². The van der Waals surface area contributed by atoms with E-state index in [2.05, 4.69) is 10.6 Å². The van der Waals surface area contributed by atoms with E-state index in [9.17, 15) is 14.4 Å². The number of nitrogens with zero attached hydrogens (tertiary/aromatic N) is 1. The molecule has 25 heavy (non-hydrogen) atoms. The second kappa shape index (κ2) is 8.50. The number of carboxylic acid groups (broad SMARTS) is 1. The minimum Gasteiger partial charge on any atom is -0.481 e. The molecule has 2 rings (SSSR count). The second-order valence-electron chi connectivity index (χ2n) is 6.43. The summed E-state index contributed by atoms with van der Waals surface area (Å²) in [4.78, 5) is 36.5. The molecule has 1 fully saturated rings. The predicted molar refractivity (Wildman–Crippen MR) is 94.1 cm³/mol. The van der Waals surface area contributed by atoms with Crippen LogP contribution in [0, 0.1) is 11.8 Å². The number of carboxylic acids is 1. The number of hydrogen-bond acceptors (Lipinski definition) is 3. The largest absolute Gasteiger partial charge is 0.481 e. The molecular formula is C18H25N3O4. The summed E-state index contributed by atoms with van der Waals surface area (Å²) in [5, 5.41) is 14.7. The van der Waals surface area contributed by atoms with E-state index < -0.39 is 11.9 Å². The van der Waals surface area contributed by atoms with Crippen LogP contribution >= 0.6 is 0 Å². The number of urea groups is 1. The number of carbonyl (C=O) groups is 3. The van der Waals surface area contributed by atoms with Crippen molar-refractivity contribution in [1.82, 2.24) is 10.2 Å². The van der Waals surface area contributed by atoms with Crippen molar-refractivity contribution in [2.24, 2.45) is 11.8 Å². The predicted octanol–water partition coefficient (Wildman–Crippen LogP) is 2.29. The molecule has 0 aromatic heterocycles. The molecule has 0 radical (unpaired) electrons. The highest BCUT2D eigenvalue weighted by atomic mass is 16.4. The molecule has 136 valence electrons. The standard InChI is InChI=1S/C18H25N3O4/c1-3-12(2)16(22)20-15-6-4-5-13(9-15)10-19-18(25)21-8-7-14(11-21)17(23)24/h4-6,9,12,14H,3,7-8,10-11H2,1-2H3,(H,19,25)(H,20,22)(H,23,24). The fourth-order valence-electron chi connectivity index (χ4n) is 2.65. The highest BCUT2D eigenvalue weighted by Crippen LogP contribution is 2.17. The molecular weight excluding hydrogens is 322 g/mol. The summed E-state index contributed by atoms with van der Waals surface area (Å²) in [6.45, 7) is 4.85. The molecule has 3 N–H and O–H groups in total. The third kappa shape index (κ3) is 5.20. The molecule has 1 aliphatic rings. The Balaban J connectivity index is 1.87. The van der Waals surface area contributed by atoms with Crippen LogP contribution in [0.25, 0.3) is 0 Å². The quantitative estimate of drug-likeness (QED) is 0.735. The van der Waals surface area contributed by atoms with Crippen molar-refractivity contribution in [3.8, 4) is 0 Å². The maximum atomic E-state index is 12.1. The summed E-state index contributed by atoms with van der Waals surface area (Å²) in [6, 6.07) is 7.05. The van der Waals surface area contributed by atoms with Crippen LogP contribution < -0.4 is 10.6 Å². The Kier molecular flexibility index (Phi) is 6.38.